The van der Waals surface area contributed by atoms with Crippen LogP contribution in [0.2, 0.25) is 10.0 Å². The molecule has 2 aromatic rings. The predicted octanol–water partition coefficient (Wildman–Crippen LogP) is 4.77. The molecule has 3 rings (SSSR count). The fraction of sp³-hybridized carbons (Fsp3) is 0.409. The van der Waals surface area contributed by atoms with E-state index in [-0.39, 0.29) is 21.5 Å². The number of carbonyl (C=O) groups is 1. The van der Waals surface area contributed by atoms with Crippen LogP contribution in [0.15, 0.2) is 41.3 Å². The van der Waals surface area contributed by atoms with Crippen molar-refractivity contribution in [1.29, 1.82) is 0 Å². The average molecular weight is 486 g/mol. The van der Waals surface area contributed by atoms with Crippen molar-refractivity contribution < 1.29 is 22.7 Å². The highest BCUT2D eigenvalue weighted by Crippen LogP contribution is 2.33. The first kappa shape index (κ1) is 24.2. The molecule has 1 aliphatic rings. The highest BCUT2D eigenvalue weighted by Gasteiger charge is 2.29. The Morgan fingerprint density at radius 1 is 1.03 bits per heavy atom. The molecule has 6 nitrogen and oxygen atoms in total. The monoisotopic (exact) mass is 485 g/mol. The van der Waals surface area contributed by atoms with Crippen molar-refractivity contribution in [3.8, 4) is 0 Å². The minimum atomic E-state index is -3.73. The van der Waals surface area contributed by atoms with E-state index in [1.807, 2.05) is 12.1 Å². The first-order chi connectivity index (χ1) is 14.9. The minimum Gasteiger partial charge on any atom is -0.380 e. The van der Waals surface area contributed by atoms with Crippen molar-refractivity contribution in [3.63, 3.8) is 0 Å². The number of benzene rings is 2. The number of methoxy groups -OCH3 is 1. The Morgan fingerprint density at radius 2 is 1.71 bits per heavy atom. The summed E-state index contributed by atoms with van der Waals surface area (Å²) in [5, 5.41) is 0.350. The van der Waals surface area contributed by atoms with Crippen LogP contribution in [-0.4, -0.2) is 39.2 Å². The van der Waals surface area contributed by atoms with E-state index in [9.17, 15) is 13.2 Å². The van der Waals surface area contributed by atoms with Crippen LogP contribution in [0.5, 0.6) is 0 Å². The van der Waals surface area contributed by atoms with Gasteiger partial charge in [-0.05, 0) is 41.7 Å². The molecule has 1 heterocycles. The van der Waals surface area contributed by atoms with Crippen LogP contribution < -0.4 is 0 Å². The standard InChI is InChI=1S/C22H25Cl2NO5S/c1-29-14-16-5-7-17(8-6-16)21(13-26)30-15-18-11-22(20(24)12-19(18)23)31(27,28)25-9-3-2-4-10-25/h5-8,11-13,21H,2-4,9-10,14-15H2,1H3. The molecule has 1 unspecified atom stereocenters. The minimum absolute atomic E-state index is 0.00522. The molecule has 2 aromatic carbocycles. The molecule has 9 heteroatoms. The fourth-order valence-electron chi connectivity index (χ4n) is 3.49. The molecule has 0 spiro atoms. The number of halogens is 2. The third-order valence-electron chi connectivity index (χ3n) is 5.20. The lowest BCUT2D eigenvalue weighted by Gasteiger charge is -2.26. The average Bonchev–Trinajstić information content (AvgIpc) is 2.77. The van der Waals surface area contributed by atoms with Gasteiger partial charge in [0.1, 0.15) is 11.0 Å². The zero-order valence-electron chi connectivity index (χ0n) is 17.2. The van der Waals surface area contributed by atoms with E-state index in [1.54, 1.807) is 19.2 Å². The summed E-state index contributed by atoms with van der Waals surface area (Å²) in [6, 6.07) is 10.2. The number of hydrogen-bond donors (Lipinski definition) is 0. The zero-order chi connectivity index (χ0) is 22.4. The molecule has 0 radical (unpaired) electrons. The van der Waals surface area contributed by atoms with Gasteiger partial charge in [-0.3, -0.25) is 0 Å². The molecule has 1 fully saturated rings. The van der Waals surface area contributed by atoms with Gasteiger partial charge in [-0.25, -0.2) is 8.42 Å². The topological polar surface area (TPSA) is 72.9 Å². The van der Waals surface area contributed by atoms with Crippen LogP contribution in [0.1, 0.15) is 42.1 Å². The number of sulfonamides is 1. The molecule has 0 saturated carbocycles. The molecular weight excluding hydrogens is 461 g/mol. The number of hydrogen-bond acceptors (Lipinski definition) is 5. The normalized spacial score (nSPS) is 16.2. The van der Waals surface area contributed by atoms with E-state index in [0.29, 0.717) is 37.1 Å². The van der Waals surface area contributed by atoms with Gasteiger partial charge in [-0.15, -0.1) is 0 Å². The summed E-state index contributed by atoms with van der Waals surface area (Å²) in [5.74, 6) is 0. The predicted molar refractivity (Wildman–Crippen MR) is 120 cm³/mol. The molecular formula is C22H25Cl2NO5S. The Labute approximate surface area is 193 Å². The molecule has 168 valence electrons. The first-order valence-corrected chi connectivity index (χ1v) is 12.2. The van der Waals surface area contributed by atoms with E-state index in [0.717, 1.165) is 24.8 Å². The van der Waals surface area contributed by atoms with Crippen molar-refractivity contribution in [2.24, 2.45) is 0 Å². The number of piperidine rings is 1. The van der Waals surface area contributed by atoms with Crippen molar-refractivity contribution in [1.82, 2.24) is 4.31 Å². The van der Waals surface area contributed by atoms with Crippen LogP contribution in [0.25, 0.3) is 0 Å². The van der Waals surface area contributed by atoms with Crippen molar-refractivity contribution in [3.05, 3.63) is 63.1 Å². The maximum absolute atomic E-state index is 13.1. The largest absolute Gasteiger partial charge is 0.380 e. The second-order valence-corrected chi connectivity index (χ2v) is 10.1. The van der Waals surface area contributed by atoms with E-state index in [2.05, 4.69) is 0 Å². The molecule has 1 atom stereocenters. The van der Waals surface area contributed by atoms with Crippen molar-refractivity contribution in [2.75, 3.05) is 20.2 Å². The van der Waals surface area contributed by atoms with Gasteiger partial charge in [0.15, 0.2) is 6.29 Å². The Kier molecular flexibility index (Phi) is 8.50. The summed E-state index contributed by atoms with van der Waals surface area (Å²) in [7, 11) is -2.12. The second-order valence-electron chi connectivity index (χ2n) is 7.38. The smallest absolute Gasteiger partial charge is 0.244 e. The van der Waals surface area contributed by atoms with Crippen LogP contribution >= 0.6 is 23.2 Å². The molecule has 1 aliphatic heterocycles. The van der Waals surface area contributed by atoms with Crippen LogP contribution in [-0.2, 0) is 37.5 Å². The Hall–Kier alpha value is -1.48. The highest BCUT2D eigenvalue weighted by molar-refractivity contribution is 7.89. The summed E-state index contributed by atoms with van der Waals surface area (Å²) >= 11 is 12.5. The summed E-state index contributed by atoms with van der Waals surface area (Å²) in [4.78, 5) is 11.6. The third kappa shape index (κ3) is 5.86. The molecule has 0 aromatic heterocycles. The van der Waals surface area contributed by atoms with Gasteiger partial charge in [0.2, 0.25) is 10.0 Å². The number of rotatable bonds is 9. The second kappa shape index (κ2) is 10.9. The Bertz CT molecular complexity index is 1010. The molecule has 0 bridgehead atoms. The van der Waals surface area contributed by atoms with Crippen LogP contribution in [0.3, 0.4) is 0 Å². The number of aldehydes is 1. The first-order valence-electron chi connectivity index (χ1n) is 9.99. The van der Waals surface area contributed by atoms with E-state index < -0.39 is 16.1 Å². The number of nitrogens with zero attached hydrogens (tertiary/aromatic N) is 1. The molecule has 0 amide bonds. The Balaban J connectivity index is 1.79. The van der Waals surface area contributed by atoms with Gasteiger partial charge in [0, 0.05) is 25.2 Å². The van der Waals surface area contributed by atoms with Gasteiger partial charge in [0.05, 0.1) is 18.2 Å². The van der Waals surface area contributed by atoms with Gasteiger partial charge in [0.25, 0.3) is 0 Å². The Morgan fingerprint density at radius 3 is 2.32 bits per heavy atom. The van der Waals surface area contributed by atoms with Gasteiger partial charge < -0.3 is 14.3 Å². The zero-order valence-corrected chi connectivity index (χ0v) is 19.5. The fourth-order valence-corrected chi connectivity index (χ4v) is 5.83. The van der Waals surface area contributed by atoms with Crippen molar-refractivity contribution >= 4 is 39.5 Å². The summed E-state index contributed by atoms with van der Waals surface area (Å²) < 4.78 is 38.4. The number of carbonyl (C=O) groups excluding carboxylic acids is 1. The molecule has 1 saturated heterocycles. The lowest BCUT2D eigenvalue weighted by atomic mass is 10.1. The highest BCUT2D eigenvalue weighted by atomic mass is 35.5. The summed E-state index contributed by atoms with van der Waals surface area (Å²) in [6.07, 6.45) is 2.54. The van der Waals surface area contributed by atoms with E-state index in [1.165, 1.54) is 16.4 Å². The number of ether oxygens (including phenoxy) is 2. The maximum Gasteiger partial charge on any atom is 0.244 e. The molecule has 0 aliphatic carbocycles. The quantitative estimate of drug-likeness (QED) is 0.478. The summed E-state index contributed by atoms with van der Waals surface area (Å²) in [5.41, 5.74) is 2.11. The lowest BCUT2D eigenvalue weighted by molar-refractivity contribution is -0.119. The van der Waals surface area contributed by atoms with E-state index >= 15 is 0 Å². The third-order valence-corrected chi connectivity index (χ3v) is 7.91. The van der Waals surface area contributed by atoms with Crippen LogP contribution in [0.4, 0.5) is 0 Å². The van der Waals surface area contributed by atoms with Gasteiger partial charge >= 0.3 is 0 Å². The lowest BCUT2D eigenvalue weighted by Crippen LogP contribution is -2.35. The van der Waals surface area contributed by atoms with Gasteiger partial charge in [-0.2, -0.15) is 4.31 Å². The van der Waals surface area contributed by atoms with Gasteiger partial charge in [-0.1, -0.05) is 53.9 Å². The summed E-state index contributed by atoms with van der Waals surface area (Å²) in [6.45, 7) is 1.38. The van der Waals surface area contributed by atoms with Crippen LogP contribution in [0, 0.1) is 0 Å². The van der Waals surface area contributed by atoms with Crippen molar-refractivity contribution in [2.45, 2.75) is 43.5 Å². The van der Waals surface area contributed by atoms with E-state index in [4.69, 9.17) is 32.7 Å². The molecule has 0 N–H and O–H groups in total. The maximum atomic E-state index is 13.1. The molecule has 31 heavy (non-hydrogen) atoms. The SMILES string of the molecule is COCc1ccc(C(C=O)OCc2cc(S(=O)(=O)N3CCCCC3)c(Cl)cc2Cl)cc1.